The first-order chi connectivity index (χ1) is 12.2. The van der Waals surface area contributed by atoms with E-state index in [-0.39, 0.29) is 18.2 Å². The number of para-hydroxylation sites is 1. The Bertz CT molecular complexity index is 806. The second-order valence-electron chi connectivity index (χ2n) is 5.27. The van der Waals surface area contributed by atoms with Gasteiger partial charge in [-0.25, -0.2) is 0 Å². The number of benzene rings is 2. The van der Waals surface area contributed by atoms with E-state index in [9.17, 15) is 9.59 Å². The average Bonchev–Trinajstić information content (AvgIpc) is 2.96. The molecule has 3 rings (SSSR count). The Morgan fingerprint density at radius 3 is 2.52 bits per heavy atom. The van der Waals surface area contributed by atoms with Gasteiger partial charge in [0.15, 0.2) is 5.17 Å². The van der Waals surface area contributed by atoms with Crippen LogP contribution in [-0.4, -0.2) is 28.4 Å². The molecule has 1 saturated heterocycles. The normalized spacial score (nSPS) is 18.5. The summed E-state index contributed by atoms with van der Waals surface area (Å²) in [7, 11) is 0. The second-order valence-corrected chi connectivity index (χ2v) is 6.47. The van der Waals surface area contributed by atoms with E-state index in [1.165, 1.54) is 11.8 Å². The number of carbonyl (C=O) groups is 2. The molecule has 1 fully saturated rings. The van der Waals surface area contributed by atoms with Crippen LogP contribution >= 0.6 is 11.8 Å². The van der Waals surface area contributed by atoms with Crippen molar-refractivity contribution in [2.75, 3.05) is 5.32 Å². The Labute approximate surface area is 149 Å². The highest BCUT2D eigenvalue weighted by molar-refractivity contribution is 8.15. The maximum Gasteiger partial charge on any atom is 0.240 e. The Balaban J connectivity index is 1.54. The zero-order valence-electron chi connectivity index (χ0n) is 13.3. The van der Waals surface area contributed by atoms with Gasteiger partial charge in [-0.3, -0.25) is 9.59 Å². The third-order valence-corrected chi connectivity index (χ3v) is 4.43. The Morgan fingerprint density at radius 1 is 1.12 bits per heavy atom. The average molecular weight is 352 g/mol. The third-order valence-electron chi connectivity index (χ3n) is 3.36. The molecule has 1 aliphatic heterocycles. The molecule has 126 valence electrons. The van der Waals surface area contributed by atoms with Crippen LogP contribution in [0.3, 0.4) is 0 Å². The van der Waals surface area contributed by atoms with Crippen molar-refractivity contribution in [3.05, 3.63) is 66.2 Å². The second kappa shape index (κ2) is 8.25. The van der Waals surface area contributed by atoms with Gasteiger partial charge in [0.2, 0.25) is 11.8 Å². The van der Waals surface area contributed by atoms with E-state index in [1.807, 2.05) is 48.5 Å². The molecule has 25 heavy (non-hydrogen) atoms. The van der Waals surface area contributed by atoms with Gasteiger partial charge in [-0.15, -0.1) is 5.10 Å². The van der Waals surface area contributed by atoms with Crippen molar-refractivity contribution in [2.24, 2.45) is 10.2 Å². The van der Waals surface area contributed by atoms with Crippen molar-refractivity contribution in [1.82, 2.24) is 5.32 Å². The molecule has 2 N–H and O–H groups in total. The molecule has 1 aliphatic rings. The smallest absolute Gasteiger partial charge is 0.240 e. The first-order valence-corrected chi connectivity index (χ1v) is 8.57. The largest absolute Gasteiger partial charge is 0.326 e. The van der Waals surface area contributed by atoms with E-state index >= 15 is 0 Å². The summed E-state index contributed by atoms with van der Waals surface area (Å²) in [5, 5.41) is 13.3. The fraction of sp³-hybridized carbons (Fsp3) is 0.111. The minimum absolute atomic E-state index is 0.0762. The minimum Gasteiger partial charge on any atom is -0.326 e. The molecule has 0 saturated carbocycles. The monoisotopic (exact) mass is 352 g/mol. The van der Waals surface area contributed by atoms with Crippen LogP contribution in [0.1, 0.15) is 12.0 Å². The Hall–Kier alpha value is -2.93. The van der Waals surface area contributed by atoms with Crippen LogP contribution in [0.25, 0.3) is 0 Å². The fourth-order valence-electron chi connectivity index (χ4n) is 2.18. The first-order valence-electron chi connectivity index (χ1n) is 7.69. The van der Waals surface area contributed by atoms with Crippen molar-refractivity contribution in [3.8, 4) is 0 Å². The van der Waals surface area contributed by atoms with Crippen LogP contribution in [0.15, 0.2) is 70.9 Å². The summed E-state index contributed by atoms with van der Waals surface area (Å²) in [6, 6.07) is 18.7. The van der Waals surface area contributed by atoms with Crippen LogP contribution in [0.2, 0.25) is 0 Å². The maximum absolute atomic E-state index is 12.0. The molecule has 2 amide bonds. The number of amidine groups is 1. The summed E-state index contributed by atoms with van der Waals surface area (Å²) in [5.41, 5.74) is 1.62. The summed E-state index contributed by atoms with van der Waals surface area (Å²) in [5.74, 6) is -0.449. The quantitative estimate of drug-likeness (QED) is 0.641. The summed E-state index contributed by atoms with van der Waals surface area (Å²) in [4.78, 5) is 24.0. The highest BCUT2D eigenvalue weighted by Gasteiger charge is 2.32. The molecule has 0 aromatic heterocycles. The van der Waals surface area contributed by atoms with Gasteiger partial charge in [-0.2, -0.15) is 5.10 Å². The lowest BCUT2D eigenvalue weighted by atomic mass is 10.2. The van der Waals surface area contributed by atoms with E-state index in [1.54, 1.807) is 18.3 Å². The van der Waals surface area contributed by atoms with Gasteiger partial charge in [-0.05, 0) is 17.7 Å². The number of hydrogen-bond donors (Lipinski definition) is 2. The van der Waals surface area contributed by atoms with E-state index in [4.69, 9.17) is 0 Å². The van der Waals surface area contributed by atoms with Crippen molar-refractivity contribution in [2.45, 2.75) is 11.7 Å². The number of anilines is 1. The molecule has 7 heteroatoms. The number of nitrogens with one attached hydrogen (secondary N) is 2. The standard InChI is InChI=1S/C18H16N4O2S/c23-16(20-14-9-5-2-6-10-14)11-15-17(24)21-18(25-15)22-19-12-13-7-3-1-4-8-13/h1-10,12,15H,11H2,(H,20,23)(H,21,22,24). The molecular weight excluding hydrogens is 336 g/mol. The van der Waals surface area contributed by atoms with Crippen LogP contribution in [0.4, 0.5) is 5.69 Å². The van der Waals surface area contributed by atoms with E-state index in [0.717, 1.165) is 5.56 Å². The predicted octanol–water partition coefficient (Wildman–Crippen LogP) is 2.64. The van der Waals surface area contributed by atoms with Gasteiger partial charge in [0, 0.05) is 12.1 Å². The highest BCUT2D eigenvalue weighted by atomic mass is 32.2. The minimum atomic E-state index is -0.505. The highest BCUT2D eigenvalue weighted by Crippen LogP contribution is 2.23. The number of rotatable bonds is 5. The van der Waals surface area contributed by atoms with E-state index < -0.39 is 5.25 Å². The molecule has 1 heterocycles. The molecule has 2 aromatic carbocycles. The van der Waals surface area contributed by atoms with Gasteiger partial charge in [-0.1, -0.05) is 60.3 Å². The maximum atomic E-state index is 12.0. The third kappa shape index (κ3) is 5.02. The summed E-state index contributed by atoms with van der Waals surface area (Å²) in [6.45, 7) is 0. The fourth-order valence-corrected chi connectivity index (χ4v) is 3.10. The van der Waals surface area contributed by atoms with Gasteiger partial charge in [0.25, 0.3) is 0 Å². The molecular formula is C18H16N4O2S. The van der Waals surface area contributed by atoms with Crippen LogP contribution in [0.5, 0.6) is 0 Å². The van der Waals surface area contributed by atoms with Crippen molar-refractivity contribution in [3.63, 3.8) is 0 Å². The van der Waals surface area contributed by atoms with Crippen molar-refractivity contribution in [1.29, 1.82) is 0 Å². The number of nitrogens with zero attached hydrogens (tertiary/aromatic N) is 2. The van der Waals surface area contributed by atoms with Crippen LogP contribution in [0, 0.1) is 0 Å². The van der Waals surface area contributed by atoms with E-state index in [2.05, 4.69) is 20.8 Å². The number of hydrogen-bond acceptors (Lipinski definition) is 5. The topological polar surface area (TPSA) is 82.9 Å². The van der Waals surface area contributed by atoms with E-state index in [0.29, 0.717) is 10.9 Å². The summed E-state index contributed by atoms with van der Waals surface area (Å²) >= 11 is 1.21. The number of carbonyl (C=O) groups excluding carboxylic acids is 2. The first kappa shape index (κ1) is 16.9. The molecule has 0 bridgehead atoms. The summed E-state index contributed by atoms with van der Waals surface area (Å²) in [6.07, 6.45) is 1.68. The SMILES string of the molecule is O=C(CC1S/C(=N/N=Cc2ccccc2)NC1=O)Nc1ccccc1. The molecule has 0 aliphatic carbocycles. The van der Waals surface area contributed by atoms with Crippen molar-refractivity contribution >= 4 is 40.6 Å². The molecule has 1 atom stereocenters. The van der Waals surface area contributed by atoms with Crippen LogP contribution in [-0.2, 0) is 9.59 Å². The van der Waals surface area contributed by atoms with Gasteiger partial charge in [0.05, 0.1) is 6.21 Å². The number of amides is 2. The Morgan fingerprint density at radius 2 is 1.80 bits per heavy atom. The van der Waals surface area contributed by atoms with Gasteiger partial charge in [0.1, 0.15) is 5.25 Å². The zero-order valence-corrected chi connectivity index (χ0v) is 14.1. The molecule has 0 spiro atoms. The lowest BCUT2D eigenvalue weighted by Crippen LogP contribution is -2.28. The summed E-state index contributed by atoms with van der Waals surface area (Å²) < 4.78 is 0. The van der Waals surface area contributed by atoms with Crippen LogP contribution < -0.4 is 10.6 Å². The lowest BCUT2D eigenvalue weighted by Gasteiger charge is -2.06. The molecule has 2 aromatic rings. The number of thioether (sulfide) groups is 1. The Kier molecular flexibility index (Phi) is 5.58. The molecule has 6 nitrogen and oxygen atoms in total. The lowest BCUT2D eigenvalue weighted by molar-refractivity contribution is -0.122. The molecule has 1 unspecified atom stereocenters. The molecule has 0 radical (unpaired) electrons. The zero-order chi connectivity index (χ0) is 17.5. The van der Waals surface area contributed by atoms with Gasteiger partial charge >= 0.3 is 0 Å². The van der Waals surface area contributed by atoms with Gasteiger partial charge < -0.3 is 10.6 Å². The van der Waals surface area contributed by atoms with Crippen molar-refractivity contribution < 1.29 is 9.59 Å². The predicted molar refractivity (Wildman–Crippen MR) is 101 cm³/mol.